The van der Waals surface area contributed by atoms with E-state index >= 15 is 0 Å². The summed E-state index contributed by atoms with van der Waals surface area (Å²) in [6.45, 7) is 4.44. The van der Waals surface area contributed by atoms with Crippen LogP contribution >= 0.6 is 15.9 Å². The van der Waals surface area contributed by atoms with Gasteiger partial charge >= 0.3 is 5.97 Å². The first kappa shape index (κ1) is 29.3. The molecule has 15 heteroatoms. The van der Waals surface area contributed by atoms with Gasteiger partial charge in [-0.25, -0.2) is 14.6 Å². The van der Waals surface area contributed by atoms with Crippen LogP contribution in [0.2, 0.25) is 0 Å². The number of imide groups is 2. The third-order valence-corrected chi connectivity index (χ3v) is 11.0. The predicted molar refractivity (Wildman–Crippen MR) is 154 cm³/mol. The van der Waals surface area contributed by atoms with E-state index in [0.29, 0.717) is 9.80 Å². The molecule has 226 valence electrons. The molecule has 2 heterocycles. The summed E-state index contributed by atoms with van der Waals surface area (Å²) in [6, 6.07) is 10.4. The lowest BCUT2D eigenvalue weighted by Crippen LogP contribution is -2.67. The van der Waals surface area contributed by atoms with Gasteiger partial charge in [0.1, 0.15) is 11.4 Å². The minimum atomic E-state index is -1.82. The Balaban J connectivity index is 1.61. The Morgan fingerprint density at radius 3 is 1.59 bits per heavy atom. The number of halogens is 1. The van der Waals surface area contributed by atoms with Crippen LogP contribution in [0.1, 0.15) is 20.8 Å². The Hall–Kier alpha value is -4.79. The first-order valence-electron chi connectivity index (χ1n) is 13.6. The number of para-hydroxylation sites is 4. The predicted octanol–water partition coefficient (Wildman–Crippen LogP) is 3.46. The van der Waals surface area contributed by atoms with E-state index in [-0.39, 0.29) is 29.1 Å². The average molecular weight is 667 g/mol. The summed E-state index contributed by atoms with van der Waals surface area (Å²) < 4.78 is 3.54. The molecule has 3 fully saturated rings. The molecule has 2 saturated heterocycles. The fourth-order valence-corrected chi connectivity index (χ4v) is 8.94. The summed E-state index contributed by atoms with van der Waals surface area (Å²) in [5.74, 6) is -9.96. The molecule has 2 aromatic carbocycles. The zero-order valence-electron chi connectivity index (χ0n) is 23.4. The molecule has 1 saturated carbocycles. The van der Waals surface area contributed by atoms with E-state index in [9.17, 15) is 44.2 Å². The zero-order chi connectivity index (χ0) is 32.0. The first-order chi connectivity index (χ1) is 20.8. The molecule has 44 heavy (non-hydrogen) atoms. The number of amides is 4. The van der Waals surface area contributed by atoms with Crippen molar-refractivity contribution in [2.75, 3.05) is 16.4 Å². The molecule has 0 spiro atoms. The third-order valence-electron chi connectivity index (χ3n) is 9.42. The molecule has 6 atom stereocenters. The number of esters is 1. The number of nitro benzene ring substituents is 2. The van der Waals surface area contributed by atoms with Crippen LogP contribution in [0.25, 0.3) is 0 Å². The highest BCUT2D eigenvalue weighted by Crippen LogP contribution is 2.73. The van der Waals surface area contributed by atoms with Gasteiger partial charge < -0.3 is 4.74 Å². The number of allylic oxidation sites excluding steroid dienone is 1. The van der Waals surface area contributed by atoms with Crippen molar-refractivity contribution in [3.63, 3.8) is 0 Å². The SMILES string of the molecule is CCOC(=O)C1=C(C)C2(Br)[C@H]3C(=O)N(c4ccccc4[N+](=O)[O-])C(=O)[C@H]3C1(C)[C@H]1C(=O)N(c3ccccc3[N+](=O)[O-])C(=O)[C@@H]12. The van der Waals surface area contributed by atoms with Crippen molar-refractivity contribution < 1.29 is 38.6 Å². The second kappa shape index (κ2) is 9.61. The lowest BCUT2D eigenvalue weighted by molar-refractivity contribution is -0.384. The molecule has 0 radical (unpaired) electrons. The van der Waals surface area contributed by atoms with Crippen LogP contribution in [-0.4, -0.2) is 50.4 Å². The number of anilines is 2. The van der Waals surface area contributed by atoms with Crippen molar-refractivity contribution in [3.8, 4) is 0 Å². The van der Waals surface area contributed by atoms with Crippen LogP contribution in [0.3, 0.4) is 0 Å². The second-order valence-corrected chi connectivity index (χ2v) is 12.5. The highest BCUT2D eigenvalue weighted by molar-refractivity contribution is 9.10. The van der Waals surface area contributed by atoms with E-state index in [2.05, 4.69) is 15.9 Å². The molecule has 0 aromatic heterocycles. The fourth-order valence-electron chi connectivity index (χ4n) is 7.82. The Morgan fingerprint density at radius 2 is 1.20 bits per heavy atom. The number of hydrogen-bond acceptors (Lipinski definition) is 10. The summed E-state index contributed by atoms with van der Waals surface area (Å²) >= 11 is 3.59. The second-order valence-electron chi connectivity index (χ2n) is 11.2. The Morgan fingerprint density at radius 1 is 0.818 bits per heavy atom. The van der Waals surface area contributed by atoms with E-state index < -0.39 is 84.2 Å². The maximum Gasteiger partial charge on any atom is 0.334 e. The maximum absolute atomic E-state index is 14.4. The summed E-state index contributed by atoms with van der Waals surface area (Å²) in [6.07, 6.45) is 0. The molecular weight excluding hydrogens is 644 g/mol. The monoisotopic (exact) mass is 666 g/mol. The number of alkyl halides is 1. The van der Waals surface area contributed by atoms with E-state index in [4.69, 9.17) is 4.74 Å². The minimum Gasteiger partial charge on any atom is -0.463 e. The van der Waals surface area contributed by atoms with E-state index in [0.717, 1.165) is 12.1 Å². The van der Waals surface area contributed by atoms with E-state index in [1.165, 1.54) is 50.2 Å². The van der Waals surface area contributed by atoms with Crippen molar-refractivity contribution in [3.05, 3.63) is 79.9 Å². The maximum atomic E-state index is 14.4. The summed E-state index contributed by atoms with van der Waals surface area (Å²) in [4.78, 5) is 94.5. The van der Waals surface area contributed by atoms with Gasteiger partial charge in [-0.2, -0.15) is 0 Å². The van der Waals surface area contributed by atoms with Crippen molar-refractivity contribution >= 4 is 68.3 Å². The molecule has 3 aliphatic carbocycles. The standard InChI is InChI=1S/C29H23BrN4O10/c1-4-44-27(39)18-13(2)29(30)21-19(23(35)31(25(21)37)14-9-5-7-11-16(14)33(40)41)28(18,3)20-22(29)26(38)32(24(20)36)15-10-6-8-12-17(15)34(42)43/h5-12,19-22H,4H2,1-3H3/t19-,20+,21-,22-,28?,29?/m1/s1. The lowest BCUT2D eigenvalue weighted by Gasteiger charge is -2.59. The Kier molecular flexibility index (Phi) is 6.39. The smallest absolute Gasteiger partial charge is 0.334 e. The highest BCUT2D eigenvalue weighted by Gasteiger charge is 2.82. The first-order valence-corrected chi connectivity index (χ1v) is 14.4. The van der Waals surface area contributed by atoms with Crippen molar-refractivity contribution in [1.29, 1.82) is 0 Å². The normalized spacial score (nSPS) is 30.5. The van der Waals surface area contributed by atoms with Gasteiger partial charge in [-0.3, -0.25) is 39.4 Å². The molecule has 0 N–H and O–H groups in total. The molecular formula is C29H23BrN4O10. The number of carbonyl (C=O) groups excluding carboxylic acids is 5. The average Bonchev–Trinajstić information content (AvgIpc) is 3.41. The van der Waals surface area contributed by atoms with Gasteiger partial charge in [-0.05, 0) is 31.6 Å². The number of nitro groups is 2. The van der Waals surface area contributed by atoms with Crippen LogP contribution in [-0.2, 0) is 28.7 Å². The Bertz CT molecular complexity index is 1680. The molecule has 2 bridgehead atoms. The zero-order valence-corrected chi connectivity index (χ0v) is 25.0. The molecule has 2 unspecified atom stereocenters. The Labute approximate surface area is 257 Å². The molecule has 14 nitrogen and oxygen atoms in total. The number of rotatable bonds is 6. The van der Waals surface area contributed by atoms with Crippen molar-refractivity contribution in [2.24, 2.45) is 29.1 Å². The van der Waals surface area contributed by atoms with Crippen LogP contribution < -0.4 is 9.80 Å². The molecule has 2 aliphatic heterocycles. The number of ether oxygens (including phenoxy) is 1. The van der Waals surface area contributed by atoms with Crippen LogP contribution in [0, 0.1) is 49.3 Å². The van der Waals surface area contributed by atoms with E-state index in [1.54, 1.807) is 6.92 Å². The van der Waals surface area contributed by atoms with Gasteiger partial charge in [-0.1, -0.05) is 47.1 Å². The quantitative estimate of drug-likeness (QED) is 0.145. The highest BCUT2D eigenvalue weighted by atomic mass is 79.9. The topological polar surface area (TPSA) is 187 Å². The number of carbonyl (C=O) groups is 5. The summed E-state index contributed by atoms with van der Waals surface area (Å²) in [5.41, 5.74) is -3.32. The number of benzene rings is 2. The van der Waals surface area contributed by atoms with Gasteiger partial charge in [0, 0.05) is 23.1 Å². The molecule has 7 rings (SSSR count). The lowest BCUT2D eigenvalue weighted by atomic mass is 9.43. The van der Waals surface area contributed by atoms with Crippen LogP contribution in [0.5, 0.6) is 0 Å². The van der Waals surface area contributed by atoms with Gasteiger partial charge in [-0.15, -0.1) is 0 Å². The van der Waals surface area contributed by atoms with Gasteiger partial charge in [0.25, 0.3) is 11.4 Å². The van der Waals surface area contributed by atoms with Crippen LogP contribution in [0.4, 0.5) is 22.7 Å². The molecule has 5 aliphatic rings. The van der Waals surface area contributed by atoms with Gasteiger partial charge in [0.15, 0.2) is 0 Å². The van der Waals surface area contributed by atoms with Crippen molar-refractivity contribution in [1.82, 2.24) is 0 Å². The van der Waals surface area contributed by atoms with Crippen LogP contribution in [0.15, 0.2) is 59.7 Å². The fraction of sp³-hybridized carbons (Fsp3) is 0.345. The summed E-state index contributed by atoms with van der Waals surface area (Å²) in [5, 5.41) is 23.7. The molecule has 2 aromatic rings. The third kappa shape index (κ3) is 3.38. The van der Waals surface area contributed by atoms with E-state index in [1.807, 2.05) is 0 Å². The summed E-state index contributed by atoms with van der Waals surface area (Å²) in [7, 11) is 0. The molecule has 4 amide bonds. The van der Waals surface area contributed by atoms with Crippen molar-refractivity contribution in [2.45, 2.75) is 25.1 Å². The van der Waals surface area contributed by atoms with Gasteiger partial charge in [0.2, 0.25) is 23.6 Å². The number of nitrogens with zero attached hydrogens (tertiary/aromatic N) is 4. The number of hydrogen-bond donors (Lipinski definition) is 0. The van der Waals surface area contributed by atoms with Gasteiger partial charge in [0.05, 0.1) is 44.4 Å². The minimum absolute atomic E-state index is 0.0619. The largest absolute Gasteiger partial charge is 0.463 e.